The molecule has 1 rings (SSSR count). The van der Waals surface area contributed by atoms with Gasteiger partial charge in [-0.1, -0.05) is 0 Å². The second kappa shape index (κ2) is 6.54. The monoisotopic (exact) mass is 278 g/mol. The molecule has 0 aliphatic rings. The Hall–Kier alpha value is -2.17. The van der Waals surface area contributed by atoms with Crippen molar-refractivity contribution in [3.8, 4) is 0 Å². The quantitative estimate of drug-likeness (QED) is 0.205. The molecular formula is C8H10N2O7S. The lowest BCUT2D eigenvalue weighted by molar-refractivity contribution is -0.159. The summed E-state index contributed by atoms with van der Waals surface area (Å²) in [5, 5.41) is 14.8. The number of nitrogen functional groups attached to an aromatic ring is 1. The topological polar surface area (TPSA) is 167 Å². The molecule has 0 radical (unpaired) electrons. The summed E-state index contributed by atoms with van der Waals surface area (Å²) < 4.78 is 29.6. The number of nitrogens with two attached hydrogens (primary N) is 1. The fourth-order valence-electron chi connectivity index (χ4n) is 0.723. The van der Waals surface area contributed by atoms with E-state index in [4.69, 9.17) is 30.2 Å². The van der Waals surface area contributed by atoms with Crippen molar-refractivity contribution in [3.63, 3.8) is 0 Å². The molecule has 0 fully saturated rings. The van der Waals surface area contributed by atoms with Gasteiger partial charge < -0.3 is 15.6 Å². The van der Waals surface area contributed by atoms with Gasteiger partial charge >= 0.3 is 11.9 Å². The van der Waals surface area contributed by atoms with E-state index in [1.807, 2.05) is 0 Å². The molecule has 0 aliphatic carbocycles. The molecule has 0 spiro atoms. The molecule has 1 aromatic rings. The first-order valence-electron chi connectivity index (χ1n) is 4.19. The van der Waals surface area contributed by atoms with E-state index in [1.54, 1.807) is 0 Å². The standard InChI is InChI=1S/C6H8N2O3S.C2H2O4/c7-8-5-1-3-6(4-2-5)12(9,10)11;3-1(4)2(5)6/h1-4,8H,7H2,(H,9,10,11);(H,3,4)(H,5,6). The summed E-state index contributed by atoms with van der Waals surface area (Å²) in [5.41, 5.74) is 2.90. The van der Waals surface area contributed by atoms with Gasteiger partial charge in [0, 0.05) is 5.69 Å². The zero-order valence-electron chi connectivity index (χ0n) is 8.77. The summed E-state index contributed by atoms with van der Waals surface area (Å²) in [6.45, 7) is 0. The molecule has 0 amide bonds. The highest BCUT2D eigenvalue weighted by Gasteiger charge is 2.07. The van der Waals surface area contributed by atoms with E-state index in [0.717, 1.165) is 0 Å². The Morgan fingerprint density at radius 2 is 1.44 bits per heavy atom. The number of nitrogens with one attached hydrogen (secondary N) is 1. The highest BCUT2D eigenvalue weighted by Crippen LogP contribution is 2.12. The van der Waals surface area contributed by atoms with Crippen LogP contribution in [-0.2, 0) is 19.7 Å². The molecule has 0 atom stereocenters. The summed E-state index contributed by atoms with van der Waals surface area (Å²) in [4.78, 5) is 18.0. The third kappa shape index (κ3) is 5.79. The molecule has 0 unspecified atom stereocenters. The number of rotatable bonds is 2. The summed E-state index contributed by atoms with van der Waals surface area (Å²) in [5.74, 6) is 1.40. The Morgan fingerprint density at radius 1 is 1.06 bits per heavy atom. The first-order valence-corrected chi connectivity index (χ1v) is 5.63. The van der Waals surface area contributed by atoms with Crippen molar-refractivity contribution in [3.05, 3.63) is 24.3 Å². The SMILES string of the molecule is NNc1ccc(S(=O)(=O)O)cc1.O=C(O)C(=O)O. The molecule has 0 heterocycles. The minimum Gasteiger partial charge on any atom is -0.473 e. The Morgan fingerprint density at radius 3 is 1.67 bits per heavy atom. The number of carbonyl (C=O) groups is 2. The molecule has 10 heteroatoms. The summed E-state index contributed by atoms with van der Waals surface area (Å²) in [7, 11) is -4.10. The van der Waals surface area contributed by atoms with Crippen molar-refractivity contribution in [2.24, 2.45) is 5.84 Å². The van der Waals surface area contributed by atoms with Gasteiger partial charge in [-0.05, 0) is 24.3 Å². The smallest absolute Gasteiger partial charge is 0.414 e. The van der Waals surface area contributed by atoms with Gasteiger partial charge in [-0.15, -0.1) is 0 Å². The number of hydrazine groups is 1. The maximum absolute atomic E-state index is 10.5. The molecule has 0 saturated carbocycles. The van der Waals surface area contributed by atoms with E-state index < -0.39 is 22.1 Å². The lowest BCUT2D eigenvalue weighted by Crippen LogP contribution is -2.09. The Labute approximate surface area is 102 Å². The molecule has 6 N–H and O–H groups in total. The maximum Gasteiger partial charge on any atom is 0.414 e. The van der Waals surface area contributed by atoms with Crippen LogP contribution in [0, 0.1) is 0 Å². The average Bonchev–Trinajstić information content (AvgIpc) is 2.28. The van der Waals surface area contributed by atoms with E-state index in [1.165, 1.54) is 24.3 Å². The van der Waals surface area contributed by atoms with Crippen LogP contribution in [0.5, 0.6) is 0 Å². The van der Waals surface area contributed by atoms with Gasteiger partial charge in [-0.25, -0.2) is 9.59 Å². The summed E-state index contributed by atoms with van der Waals surface area (Å²) >= 11 is 0. The molecule has 100 valence electrons. The van der Waals surface area contributed by atoms with E-state index in [0.29, 0.717) is 5.69 Å². The fourth-order valence-corrected chi connectivity index (χ4v) is 1.20. The van der Waals surface area contributed by atoms with Crippen LogP contribution >= 0.6 is 0 Å². The second-order valence-corrected chi connectivity index (χ2v) is 4.18. The fraction of sp³-hybridized carbons (Fsp3) is 0. The van der Waals surface area contributed by atoms with Gasteiger partial charge in [0.2, 0.25) is 0 Å². The number of aliphatic carboxylic acids is 2. The van der Waals surface area contributed by atoms with Crippen molar-refractivity contribution in [2.75, 3.05) is 5.43 Å². The minimum absolute atomic E-state index is 0.151. The van der Waals surface area contributed by atoms with Crippen LogP contribution in [0.15, 0.2) is 29.2 Å². The van der Waals surface area contributed by atoms with Gasteiger partial charge in [0.25, 0.3) is 10.1 Å². The average molecular weight is 278 g/mol. The lowest BCUT2D eigenvalue weighted by atomic mass is 10.3. The minimum atomic E-state index is -4.10. The van der Waals surface area contributed by atoms with Crippen molar-refractivity contribution >= 4 is 27.7 Å². The van der Waals surface area contributed by atoms with Crippen LogP contribution in [0.2, 0.25) is 0 Å². The zero-order valence-corrected chi connectivity index (χ0v) is 9.59. The van der Waals surface area contributed by atoms with Crippen LogP contribution in [0.25, 0.3) is 0 Å². The molecule has 18 heavy (non-hydrogen) atoms. The van der Waals surface area contributed by atoms with Gasteiger partial charge in [0.1, 0.15) is 0 Å². The molecule has 0 bridgehead atoms. The molecule has 1 aromatic carbocycles. The van der Waals surface area contributed by atoms with Gasteiger partial charge in [-0.3, -0.25) is 10.4 Å². The largest absolute Gasteiger partial charge is 0.473 e. The Balaban J connectivity index is 0.000000411. The third-order valence-electron chi connectivity index (χ3n) is 1.50. The van der Waals surface area contributed by atoms with Crippen LogP contribution in [0.4, 0.5) is 5.69 Å². The van der Waals surface area contributed by atoms with Crippen LogP contribution in [0.1, 0.15) is 0 Å². The van der Waals surface area contributed by atoms with Crippen molar-refractivity contribution in [2.45, 2.75) is 4.90 Å². The summed E-state index contributed by atoms with van der Waals surface area (Å²) in [6, 6.07) is 5.40. The predicted molar refractivity (Wildman–Crippen MR) is 59.3 cm³/mol. The van der Waals surface area contributed by atoms with E-state index in [2.05, 4.69) is 5.43 Å². The maximum atomic E-state index is 10.5. The zero-order chi connectivity index (χ0) is 14.3. The van der Waals surface area contributed by atoms with Gasteiger partial charge in [0.15, 0.2) is 0 Å². The molecule has 0 aromatic heterocycles. The van der Waals surface area contributed by atoms with Crippen molar-refractivity contribution in [1.82, 2.24) is 0 Å². The first-order chi connectivity index (χ1) is 8.18. The highest BCUT2D eigenvalue weighted by atomic mass is 32.2. The molecular weight excluding hydrogens is 268 g/mol. The number of hydrogen-bond donors (Lipinski definition) is 5. The number of benzene rings is 1. The van der Waals surface area contributed by atoms with Crippen molar-refractivity contribution < 1.29 is 32.8 Å². The van der Waals surface area contributed by atoms with E-state index in [-0.39, 0.29) is 4.90 Å². The van der Waals surface area contributed by atoms with E-state index >= 15 is 0 Å². The third-order valence-corrected chi connectivity index (χ3v) is 2.37. The molecule has 9 nitrogen and oxygen atoms in total. The normalized spacial score (nSPS) is 9.89. The lowest BCUT2D eigenvalue weighted by Gasteiger charge is -1.99. The predicted octanol–water partition coefficient (Wildman–Crippen LogP) is -0.626. The van der Waals surface area contributed by atoms with Crippen LogP contribution in [0.3, 0.4) is 0 Å². The Kier molecular flexibility index (Phi) is 5.75. The number of carboxylic acid groups (broad SMARTS) is 2. The van der Waals surface area contributed by atoms with Gasteiger partial charge in [-0.2, -0.15) is 8.42 Å². The number of carboxylic acids is 2. The van der Waals surface area contributed by atoms with Crippen molar-refractivity contribution in [1.29, 1.82) is 0 Å². The Bertz CT molecular complexity index is 511. The van der Waals surface area contributed by atoms with Gasteiger partial charge in [0.05, 0.1) is 4.90 Å². The molecule has 0 saturated heterocycles. The number of anilines is 1. The highest BCUT2D eigenvalue weighted by molar-refractivity contribution is 7.85. The van der Waals surface area contributed by atoms with Crippen LogP contribution < -0.4 is 11.3 Å². The summed E-state index contributed by atoms with van der Waals surface area (Å²) in [6.07, 6.45) is 0. The first kappa shape index (κ1) is 15.8. The number of hydrogen-bond acceptors (Lipinski definition) is 6. The van der Waals surface area contributed by atoms with E-state index in [9.17, 15) is 8.42 Å². The molecule has 0 aliphatic heterocycles. The second-order valence-electron chi connectivity index (χ2n) is 2.75. The van der Waals surface area contributed by atoms with Crippen LogP contribution in [-0.4, -0.2) is 35.1 Å².